The van der Waals surface area contributed by atoms with E-state index < -0.39 is 0 Å². The molecule has 0 atom stereocenters. The van der Waals surface area contributed by atoms with Crippen LogP contribution in [0.1, 0.15) is 25.7 Å². The van der Waals surface area contributed by atoms with Gasteiger partial charge in [0, 0.05) is 29.5 Å². The Morgan fingerprint density at radius 3 is 2.54 bits per heavy atom. The van der Waals surface area contributed by atoms with Crippen LogP contribution in [0.5, 0.6) is 0 Å². The molecule has 0 amide bonds. The van der Waals surface area contributed by atoms with Crippen LogP contribution in [-0.2, 0) is 4.74 Å². The number of halogens is 1. The molecule has 1 saturated carbocycles. The topological polar surface area (TPSA) is 9.23 Å². The summed E-state index contributed by atoms with van der Waals surface area (Å²) in [5, 5.41) is 2.08. The van der Waals surface area contributed by atoms with Crippen LogP contribution in [0.2, 0.25) is 0 Å². The zero-order valence-corrected chi connectivity index (χ0v) is 10.3. The van der Waals surface area contributed by atoms with E-state index in [1.54, 1.807) is 0 Å². The van der Waals surface area contributed by atoms with E-state index in [0.717, 1.165) is 18.5 Å². The Morgan fingerprint density at radius 2 is 2.00 bits per heavy atom. The molecule has 0 aromatic heterocycles. The lowest BCUT2D eigenvalue weighted by Gasteiger charge is -2.23. The lowest BCUT2D eigenvalue weighted by atomic mass is 10.2. The molecule has 0 spiro atoms. The summed E-state index contributed by atoms with van der Waals surface area (Å²) in [6, 6.07) is 0. The Kier molecular flexibility index (Phi) is 3.60. The van der Waals surface area contributed by atoms with Gasteiger partial charge in [-0.05, 0) is 31.1 Å². The van der Waals surface area contributed by atoms with Crippen LogP contribution in [0.3, 0.4) is 0 Å². The van der Waals surface area contributed by atoms with Crippen LogP contribution in [0.25, 0.3) is 0 Å². The summed E-state index contributed by atoms with van der Waals surface area (Å²) in [5.74, 6) is 1.36. The molecule has 1 nitrogen and oxygen atoms in total. The molecule has 1 aliphatic heterocycles. The third kappa shape index (κ3) is 2.87. The van der Waals surface area contributed by atoms with Crippen molar-refractivity contribution in [2.75, 3.05) is 24.3 Å². The standard InChI is InChI=1S/C10H17BrOS/c11-7-10(3-4-10)8-13-9-1-5-12-6-2-9/h9H,1-8H2. The molecule has 2 rings (SSSR count). The normalized spacial score (nSPS) is 27.5. The summed E-state index contributed by atoms with van der Waals surface area (Å²) in [6.45, 7) is 1.97. The fraction of sp³-hybridized carbons (Fsp3) is 1.00. The molecular weight excluding hydrogens is 248 g/mol. The molecule has 0 bridgehead atoms. The Labute approximate surface area is 93.1 Å². The van der Waals surface area contributed by atoms with Crippen molar-refractivity contribution in [2.45, 2.75) is 30.9 Å². The number of alkyl halides is 1. The quantitative estimate of drug-likeness (QED) is 0.722. The molecule has 1 saturated heterocycles. The van der Waals surface area contributed by atoms with E-state index >= 15 is 0 Å². The molecule has 1 heterocycles. The first kappa shape index (κ1) is 10.3. The molecule has 0 N–H and O–H groups in total. The summed E-state index contributed by atoms with van der Waals surface area (Å²) < 4.78 is 5.35. The Hall–Kier alpha value is 0.790. The monoisotopic (exact) mass is 264 g/mol. The van der Waals surface area contributed by atoms with Crippen LogP contribution in [0, 0.1) is 5.41 Å². The Bertz CT molecular complexity index is 164. The highest BCUT2D eigenvalue weighted by atomic mass is 79.9. The second-order valence-electron chi connectivity index (χ2n) is 4.26. The predicted octanol–water partition coefficient (Wildman–Crippen LogP) is 3.07. The molecule has 0 unspecified atom stereocenters. The SMILES string of the molecule is BrCC1(CSC2CCOCC2)CC1. The molecule has 76 valence electrons. The molecule has 2 aliphatic rings. The zero-order chi connectivity index (χ0) is 9.15. The van der Waals surface area contributed by atoms with Gasteiger partial charge in [-0.15, -0.1) is 0 Å². The maximum atomic E-state index is 5.35. The van der Waals surface area contributed by atoms with E-state index in [-0.39, 0.29) is 0 Å². The molecular formula is C10H17BrOS. The minimum atomic E-state index is 0.684. The Morgan fingerprint density at radius 1 is 1.31 bits per heavy atom. The smallest absolute Gasteiger partial charge is 0.0476 e. The van der Waals surface area contributed by atoms with Crippen molar-refractivity contribution in [1.29, 1.82) is 0 Å². The van der Waals surface area contributed by atoms with Gasteiger partial charge in [0.2, 0.25) is 0 Å². The maximum Gasteiger partial charge on any atom is 0.0476 e. The predicted molar refractivity (Wildman–Crippen MR) is 61.8 cm³/mol. The van der Waals surface area contributed by atoms with Crippen LogP contribution in [0.4, 0.5) is 0 Å². The largest absolute Gasteiger partial charge is 0.381 e. The number of ether oxygens (including phenoxy) is 1. The van der Waals surface area contributed by atoms with Gasteiger partial charge in [-0.3, -0.25) is 0 Å². The Balaban J connectivity index is 1.66. The van der Waals surface area contributed by atoms with Gasteiger partial charge in [0.25, 0.3) is 0 Å². The van der Waals surface area contributed by atoms with Crippen molar-refractivity contribution >= 4 is 27.7 Å². The van der Waals surface area contributed by atoms with Crippen molar-refractivity contribution in [3.8, 4) is 0 Å². The first-order valence-corrected chi connectivity index (χ1v) is 7.27. The number of hydrogen-bond donors (Lipinski definition) is 0. The van der Waals surface area contributed by atoms with E-state index in [0.29, 0.717) is 5.41 Å². The van der Waals surface area contributed by atoms with E-state index in [1.807, 2.05) is 0 Å². The van der Waals surface area contributed by atoms with Crippen molar-refractivity contribution in [3.05, 3.63) is 0 Å². The summed E-state index contributed by atoms with van der Waals surface area (Å²) in [4.78, 5) is 0. The molecule has 0 aromatic rings. The molecule has 0 aromatic carbocycles. The van der Waals surface area contributed by atoms with Crippen LogP contribution < -0.4 is 0 Å². The molecule has 2 fully saturated rings. The van der Waals surface area contributed by atoms with Gasteiger partial charge in [0.15, 0.2) is 0 Å². The van der Waals surface area contributed by atoms with E-state index in [2.05, 4.69) is 27.7 Å². The maximum absolute atomic E-state index is 5.35. The van der Waals surface area contributed by atoms with Gasteiger partial charge in [-0.2, -0.15) is 11.8 Å². The summed E-state index contributed by atoms with van der Waals surface area (Å²) in [6.07, 6.45) is 5.41. The second kappa shape index (κ2) is 4.54. The molecule has 1 aliphatic carbocycles. The van der Waals surface area contributed by atoms with Gasteiger partial charge >= 0.3 is 0 Å². The summed E-state index contributed by atoms with van der Waals surface area (Å²) in [5.41, 5.74) is 0.684. The van der Waals surface area contributed by atoms with E-state index in [1.165, 1.54) is 36.8 Å². The van der Waals surface area contributed by atoms with Crippen molar-refractivity contribution < 1.29 is 4.74 Å². The van der Waals surface area contributed by atoms with Crippen LogP contribution in [-0.4, -0.2) is 29.5 Å². The lowest BCUT2D eigenvalue weighted by Crippen LogP contribution is -2.19. The first-order valence-electron chi connectivity index (χ1n) is 5.10. The minimum Gasteiger partial charge on any atom is -0.381 e. The van der Waals surface area contributed by atoms with Gasteiger partial charge in [-0.25, -0.2) is 0 Å². The van der Waals surface area contributed by atoms with Gasteiger partial charge in [0.1, 0.15) is 0 Å². The van der Waals surface area contributed by atoms with Gasteiger partial charge < -0.3 is 4.74 Å². The van der Waals surface area contributed by atoms with Crippen LogP contribution in [0.15, 0.2) is 0 Å². The average Bonchev–Trinajstić information content (AvgIpc) is 2.97. The fourth-order valence-corrected chi connectivity index (χ4v) is 4.16. The third-order valence-corrected chi connectivity index (χ3v) is 5.95. The average molecular weight is 265 g/mol. The summed E-state index contributed by atoms with van der Waals surface area (Å²) in [7, 11) is 0. The third-order valence-electron chi connectivity index (χ3n) is 3.03. The number of rotatable bonds is 4. The highest BCUT2D eigenvalue weighted by Crippen LogP contribution is 2.50. The van der Waals surface area contributed by atoms with E-state index in [9.17, 15) is 0 Å². The number of thioether (sulfide) groups is 1. The highest BCUT2D eigenvalue weighted by molar-refractivity contribution is 9.09. The van der Waals surface area contributed by atoms with Gasteiger partial charge in [0.05, 0.1) is 0 Å². The highest BCUT2D eigenvalue weighted by Gasteiger charge is 2.41. The molecule has 13 heavy (non-hydrogen) atoms. The van der Waals surface area contributed by atoms with Crippen molar-refractivity contribution in [1.82, 2.24) is 0 Å². The van der Waals surface area contributed by atoms with Crippen LogP contribution >= 0.6 is 27.7 Å². The lowest BCUT2D eigenvalue weighted by molar-refractivity contribution is 0.1000. The fourth-order valence-electron chi connectivity index (χ4n) is 1.63. The van der Waals surface area contributed by atoms with Crippen molar-refractivity contribution in [3.63, 3.8) is 0 Å². The van der Waals surface area contributed by atoms with Gasteiger partial charge in [-0.1, -0.05) is 15.9 Å². The second-order valence-corrected chi connectivity index (χ2v) is 6.11. The number of hydrogen-bond acceptors (Lipinski definition) is 2. The zero-order valence-electron chi connectivity index (χ0n) is 7.93. The van der Waals surface area contributed by atoms with E-state index in [4.69, 9.17) is 4.74 Å². The molecule has 3 heteroatoms. The van der Waals surface area contributed by atoms with Crippen molar-refractivity contribution in [2.24, 2.45) is 5.41 Å². The first-order chi connectivity index (χ1) is 6.35. The summed E-state index contributed by atoms with van der Waals surface area (Å²) >= 11 is 5.80. The minimum absolute atomic E-state index is 0.684. The molecule has 0 radical (unpaired) electrons.